The van der Waals surface area contributed by atoms with Gasteiger partial charge >= 0.3 is 0 Å². The highest BCUT2D eigenvalue weighted by Gasteiger charge is 2.32. The van der Waals surface area contributed by atoms with E-state index in [-0.39, 0.29) is 0 Å². The number of rotatable bonds is 2. The number of aromatic nitrogens is 3. The largest absolute Gasteiger partial charge is 0.320 e. The molecule has 2 aromatic heterocycles. The number of hydrogen-bond donors (Lipinski definition) is 0. The second-order valence-corrected chi connectivity index (χ2v) is 7.31. The third-order valence-corrected chi connectivity index (χ3v) is 5.52. The van der Waals surface area contributed by atoms with Gasteiger partial charge in [-0.25, -0.2) is 0 Å². The number of nitrogens with zero attached hydrogens (tertiary/aromatic N) is 4. The van der Waals surface area contributed by atoms with Crippen molar-refractivity contribution in [1.82, 2.24) is 14.8 Å². The van der Waals surface area contributed by atoms with E-state index in [0.717, 1.165) is 12.4 Å². The zero-order chi connectivity index (χ0) is 17.7. The van der Waals surface area contributed by atoms with Gasteiger partial charge in [0.2, 0.25) is 0 Å². The van der Waals surface area contributed by atoms with E-state index in [2.05, 4.69) is 46.2 Å². The maximum Gasteiger partial charge on any atom is 0.155 e. The van der Waals surface area contributed by atoms with Gasteiger partial charge in [0, 0.05) is 48.5 Å². The highest BCUT2D eigenvalue weighted by atomic mass is 15.3. The third kappa shape index (κ3) is 2.37. The SMILES string of the molecule is Cc1cc(-c2cccnc2)cc2c1C(=C1CCC1)N(c1ccn(C)n1)C2. The molecule has 0 saturated heterocycles. The molecule has 2 aliphatic rings. The van der Waals surface area contributed by atoms with E-state index >= 15 is 0 Å². The van der Waals surface area contributed by atoms with Gasteiger partial charge < -0.3 is 4.90 Å². The number of anilines is 1. The van der Waals surface area contributed by atoms with Crippen molar-refractivity contribution in [2.45, 2.75) is 32.7 Å². The van der Waals surface area contributed by atoms with Gasteiger partial charge in [0.15, 0.2) is 5.82 Å². The van der Waals surface area contributed by atoms with Gasteiger partial charge in [-0.1, -0.05) is 12.1 Å². The van der Waals surface area contributed by atoms with Gasteiger partial charge in [-0.15, -0.1) is 0 Å². The molecule has 26 heavy (non-hydrogen) atoms. The highest BCUT2D eigenvalue weighted by molar-refractivity contribution is 5.89. The molecule has 0 N–H and O–H groups in total. The molecule has 1 fully saturated rings. The minimum absolute atomic E-state index is 0.889. The Hall–Kier alpha value is -2.88. The summed E-state index contributed by atoms with van der Waals surface area (Å²) in [5.41, 5.74) is 9.55. The highest BCUT2D eigenvalue weighted by Crippen LogP contribution is 2.45. The van der Waals surface area contributed by atoms with Crippen LogP contribution in [0.15, 0.2) is 54.5 Å². The van der Waals surface area contributed by atoms with E-state index in [1.807, 2.05) is 36.4 Å². The Morgan fingerprint density at radius 3 is 2.62 bits per heavy atom. The van der Waals surface area contributed by atoms with Crippen molar-refractivity contribution in [1.29, 1.82) is 0 Å². The van der Waals surface area contributed by atoms with E-state index in [9.17, 15) is 0 Å². The summed E-state index contributed by atoms with van der Waals surface area (Å²) in [6.45, 7) is 3.12. The summed E-state index contributed by atoms with van der Waals surface area (Å²) in [4.78, 5) is 6.68. The molecule has 0 atom stereocenters. The van der Waals surface area contributed by atoms with Gasteiger partial charge in [0.05, 0.1) is 6.54 Å². The van der Waals surface area contributed by atoms with Gasteiger partial charge in [-0.2, -0.15) is 5.10 Å². The lowest BCUT2D eigenvalue weighted by molar-refractivity contribution is 0.662. The lowest BCUT2D eigenvalue weighted by Crippen LogP contribution is -2.18. The molecular formula is C22H22N4. The molecule has 0 bridgehead atoms. The maximum atomic E-state index is 4.68. The van der Waals surface area contributed by atoms with Crippen LogP contribution in [-0.2, 0) is 13.6 Å². The summed E-state index contributed by atoms with van der Waals surface area (Å²) in [5, 5.41) is 4.68. The molecule has 4 nitrogen and oxygen atoms in total. The molecule has 0 unspecified atom stereocenters. The molecular weight excluding hydrogens is 320 g/mol. The molecule has 4 heteroatoms. The van der Waals surface area contributed by atoms with Crippen LogP contribution in [0.5, 0.6) is 0 Å². The molecule has 1 aromatic carbocycles. The minimum atomic E-state index is 0.889. The van der Waals surface area contributed by atoms with Crippen molar-refractivity contribution in [3.8, 4) is 11.1 Å². The summed E-state index contributed by atoms with van der Waals surface area (Å²) >= 11 is 0. The second kappa shape index (κ2) is 5.84. The summed E-state index contributed by atoms with van der Waals surface area (Å²) < 4.78 is 1.88. The molecule has 3 aromatic rings. The van der Waals surface area contributed by atoms with Gasteiger partial charge in [0.25, 0.3) is 0 Å². The predicted octanol–water partition coefficient (Wildman–Crippen LogP) is 4.71. The van der Waals surface area contributed by atoms with Crippen LogP contribution in [0.1, 0.15) is 36.0 Å². The summed E-state index contributed by atoms with van der Waals surface area (Å²) in [6.07, 6.45) is 9.51. The van der Waals surface area contributed by atoms with Gasteiger partial charge in [-0.05, 0) is 60.6 Å². The number of hydrogen-bond acceptors (Lipinski definition) is 3. The number of benzene rings is 1. The first-order valence-corrected chi connectivity index (χ1v) is 9.24. The first-order valence-electron chi connectivity index (χ1n) is 9.24. The van der Waals surface area contributed by atoms with Crippen LogP contribution in [0.3, 0.4) is 0 Å². The fourth-order valence-electron chi connectivity index (χ4n) is 4.11. The monoisotopic (exact) mass is 342 g/mol. The van der Waals surface area contributed by atoms with Crippen molar-refractivity contribution >= 4 is 11.5 Å². The van der Waals surface area contributed by atoms with E-state index < -0.39 is 0 Å². The Balaban J connectivity index is 1.66. The zero-order valence-electron chi connectivity index (χ0n) is 15.2. The molecule has 5 rings (SSSR count). The Morgan fingerprint density at radius 1 is 1.08 bits per heavy atom. The second-order valence-electron chi connectivity index (χ2n) is 7.31. The van der Waals surface area contributed by atoms with Crippen molar-refractivity contribution in [2.75, 3.05) is 4.90 Å². The van der Waals surface area contributed by atoms with Crippen molar-refractivity contribution in [2.24, 2.45) is 7.05 Å². The van der Waals surface area contributed by atoms with Crippen LogP contribution < -0.4 is 4.90 Å². The van der Waals surface area contributed by atoms with E-state index in [0.29, 0.717) is 0 Å². The fourth-order valence-corrected chi connectivity index (χ4v) is 4.11. The number of fused-ring (bicyclic) bond motifs is 1. The number of pyridine rings is 1. The average Bonchev–Trinajstić information content (AvgIpc) is 3.18. The molecule has 3 heterocycles. The number of allylic oxidation sites excluding steroid dienone is 1. The minimum Gasteiger partial charge on any atom is -0.320 e. The average molecular weight is 342 g/mol. The number of aryl methyl sites for hydroxylation is 2. The summed E-state index contributed by atoms with van der Waals surface area (Å²) in [5.74, 6) is 1.04. The Labute approximate surface area is 153 Å². The van der Waals surface area contributed by atoms with Crippen LogP contribution in [0.25, 0.3) is 16.8 Å². The summed E-state index contributed by atoms with van der Waals surface area (Å²) in [6, 6.07) is 10.9. The lowest BCUT2D eigenvalue weighted by atomic mass is 9.86. The van der Waals surface area contributed by atoms with E-state index in [1.54, 1.807) is 5.57 Å². The Bertz CT molecular complexity index is 1010. The topological polar surface area (TPSA) is 34.0 Å². The standard InChI is InChI=1S/C22H22N4/c1-15-11-18(17-7-4-9-23-13-17)12-19-14-26(20-8-10-25(2)24-20)22(21(15)19)16-5-3-6-16/h4,7-13H,3,5-6,14H2,1-2H3. The molecule has 1 aliphatic carbocycles. The van der Waals surface area contributed by atoms with Crippen LogP contribution in [0, 0.1) is 6.92 Å². The Kier molecular flexibility index (Phi) is 3.45. The maximum absolute atomic E-state index is 4.68. The lowest BCUT2D eigenvalue weighted by Gasteiger charge is -2.27. The van der Waals surface area contributed by atoms with Crippen LogP contribution >= 0.6 is 0 Å². The fraction of sp³-hybridized carbons (Fsp3) is 0.273. The smallest absolute Gasteiger partial charge is 0.155 e. The first kappa shape index (κ1) is 15.4. The van der Waals surface area contributed by atoms with E-state index in [1.165, 1.54) is 52.8 Å². The van der Waals surface area contributed by atoms with Crippen LogP contribution in [0.2, 0.25) is 0 Å². The van der Waals surface area contributed by atoms with E-state index in [4.69, 9.17) is 0 Å². The van der Waals surface area contributed by atoms with Gasteiger partial charge in [0.1, 0.15) is 0 Å². The quantitative estimate of drug-likeness (QED) is 0.676. The predicted molar refractivity (Wildman–Crippen MR) is 105 cm³/mol. The molecule has 1 saturated carbocycles. The van der Waals surface area contributed by atoms with Crippen molar-refractivity contribution in [3.63, 3.8) is 0 Å². The molecule has 0 amide bonds. The van der Waals surface area contributed by atoms with Crippen molar-refractivity contribution in [3.05, 3.63) is 71.2 Å². The third-order valence-electron chi connectivity index (χ3n) is 5.52. The first-order chi connectivity index (χ1) is 12.7. The van der Waals surface area contributed by atoms with Crippen LogP contribution in [-0.4, -0.2) is 14.8 Å². The molecule has 0 spiro atoms. The van der Waals surface area contributed by atoms with Gasteiger partial charge in [-0.3, -0.25) is 9.67 Å². The normalized spacial score (nSPS) is 16.0. The molecule has 130 valence electrons. The summed E-state index contributed by atoms with van der Waals surface area (Å²) in [7, 11) is 1.98. The zero-order valence-corrected chi connectivity index (χ0v) is 15.2. The van der Waals surface area contributed by atoms with Crippen LogP contribution in [0.4, 0.5) is 5.82 Å². The molecule has 1 aliphatic heterocycles. The Morgan fingerprint density at radius 2 is 1.96 bits per heavy atom. The van der Waals surface area contributed by atoms with Crippen molar-refractivity contribution < 1.29 is 0 Å². The molecule has 0 radical (unpaired) electrons.